The standard InChI is InChI=1S/C19H31N.CH2O2.CH4/c1-4-17(5-2)12-14-19(3)13-9-15-20(19)16-18-10-7-6-8-11-18;2-1-3;/h6-8,10-11,17H,4-5,9,12-16H2,1-3H3;1H,(H,2,3);1H4. The largest absolute Gasteiger partial charge is 0.483 e. The van der Waals surface area contributed by atoms with Gasteiger partial charge in [0, 0.05) is 12.1 Å². The zero-order valence-electron chi connectivity index (χ0n) is 15.0. The van der Waals surface area contributed by atoms with Crippen molar-refractivity contribution in [2.75, 3.05) is 6.54 Å². The van der Waals surface area contributed by atoms with Gasteiger partial charge in [0.05, 0.1) is 0 Å². The molecule has 3 nitrogen and oxygen atoms in total. The van der Waals surface area contributed by atoms with Crippen LogP contribution in [0, 0.1) is 5.92 Å². The highest BCUT2D eigenvalue weighted by Crippen LogP contribution is 2.36. The third-order valence-electron chi connectivity index (χ3n) is 5.37. The molecule has 1 atom stereocenters. The van der Waals surface area contributed by atoms with E-state index in [0.29, 0.717) is 5.54 Å². The second-order valence-corrected chi connectivity index (χ2v) is 6.83. The second-order valence-electron chi connectivity index (χ2n) is 6.83. The predicted octanol–water partition coefficient (Wildman–Crippen LogP) is 5.59. The maximum absolute atomic E-state index is 8.36. The summed E-state index contributed by atoms with van der Waals surface area (Å²) in [7, 11) is 0. The molecule has 0 bridgehead atoms. The van der Waals surface area contributed by atoms with Gasteiger partial charge in [0.1, 0.15) is 0 Å². The zero-order valence-corrected chi connectivity index (χ0v) is 15.0. The first-order valence-electron chi connectivity index (χ1n) is 8.96. The molecule has 0 amide bonds. The molecule has 1 aliphatic heterocycles. The Bertz CT molecular complexity index is 431. The molecule has 0 saturated carbocycles. The van der Waals surface area contributed by atoms with Crippen LogP contribution in [0.4, 0.5) is 0 Å². The van der Waals surface area contributed by atoms with E-state index in [1.54, 1.807) is 0 Å². The Morgan fingerprint density at radius 3 is 2.38 bits per heavy atom. The monoisotopic (exact) mass is 335 g/mol. The van der Waals surface area contributed by atoms with Crippen LogP contribution in [0.1, 0.15) is 72.3 Å². The molecule has 2 rings (SSSR count). The topological polar surface area (TPSA) is 40.5 Å². The molecule has 3 heteroatoms. The van der Waals surface area contributed by atoms with E-state index < -0.39 is 0 Å². The van der Waals surface area contributed by atoms with Crippen LogP contribution in [0.15, 0.2) is 30.3 Å². The van der Waals surface area contributed by atoms with E-state index in [9.17, 15) is 0 Å². The van der Waals surface area contributed by atoms with Crippen molar-refractivity contribution in [3.05, 3.63) is 35.9 Å². The van der Waals surface area contributed by atoms with Crippen LogP contribution < -0.4 is 0 Å². The molecule has 0 radical (unpaired) electrons. The first-order chi connectivity index (χ1) is 11.1. The second kappa shape index (κ2) is 12.1. The summed E-state index contributed by atoms with van der Waals surface area (Å²) in [5.41, 5.74) is 1.89. The Hall–Kier alpha value is -1.35. The average Bonchev–Trinajstić information content (AvgIpc) is 2.91. The fraction of sp³-hybridized carbons (Fsp3) is 0.667. The summed E-state index contributed by atoms with van der Waals surface area (Å²) >= 11 is 0. The van der Waals surface area contributed by atoms with Gasteiger partial charge in [-0.25, -0.2) is 0 Å². The number of nitrogens with zero attached hydrogens (tertiary/aromatic N) is 1. The van der Waals surface area contributed by atoms with Gasteiger partial charge in [0.15, 0.2) is 0 Å². The van der Waals surface area contributed by atoms with Crippen molar-refractivity contribution in [2.45, 2.75) is 78.8 Å². The molecule has 1 aliphatic rings. The molecular weight excluding hydrogens is 298 g/mol. The molecule has 0 spiro atoms. The molecule has 1 unspecified atom stereocenters. The van der Waals surface area contributed by atoms with E-state index in [-0.39, 0.29) is 13.9 Å². The van der Waals surface area contributed by atoms with Gasteiger partial charge in [-0.3, -0.25) is 9.69 Å². The highest BCUT2D eigenvalue weighted by Gasteiger charge is 2.36. The van der Waals surface area contributed by atoms with Crippen LogP contribution in [-0.4, -0.2) is 28.6 Å². The summed E-state index contributed by atoms with van der Waals surface area (Å²) in [4.78, 5) is 11.1. The summed E-state index contributed by atoms with van der Waals surface area (Å²) in [6.07, 6.45) is 8.18. The minimum atomic E-state index is -0.250. The quantitative estimate of drug-likeness (QED) is 0.660. The van der Waals surface area contributed by atoms with E-state index in [1.807, 2.05) is 0 Å². The van der Waals surface area contributed by atoms with Crippen molar-refractivity contribution < 1.29 is 9.90 Å². The van der Waals surface area contributed by atoms with Crippen LogP contribution in [0.2, 0.25) is 0 Å². The van der Waals surface area contributed by atoms with Crippen LogP contribution in [0.5, 0.6) is 0 Å². The lowest BCUT2D eigenvalue weighted by Crippen LogP contribution is -2.40. The Labute approximate surface area is 149 Å². The van der Waals surface area contributed by atoms with E-state index in [2.05, 4.69) is 56.0 Å². The van der Waals surface area contributed by atoms with Gasteiger partial charge < -0.3 is 5.11 Å². The molecule has 1 aromatic carbocycles. The number of likely N-dealkylation sites (tertiary alicyclic amines) is 1. The molecule has 1 N–H and O–H groups in total. The van der Waals surface area contributed by atoms with Crippen molar-refractivity contribution in [3.63, 3.8) is 0 Å². The van der Waals surface area contributed by atoms with Crippen LogP contribution in [0.3, 0.4) is 0 Å². The highest BCUT2D eigenvalue weighted by molar-refractivity contribution is 5.32. The van der Waals surface area contributed by atoms with Crippen LogP contribution in [0.25, 0.3) is 0 Å². The summed E-state index contributed by atoms with van der Waals surface area (Å²) in [5.74, 6) is 0.922. The van der Waals surface area contributed by atoms with Crippen molar-refractivity contribution in [2.24, 2.45) is 5.92 Å². The normalized spacial score (nSPS) is 20.2. The minimum Gasteiger partial charge on any atom is -0.483 e. The van der Waals surface area contributed by atoms with Crippen molar-refractivity contribution in [1.82, 2.24) is 4.90 Å². The summed E-state index contributed by atoms with van der Waals surface area (Å²) in [6.45, 7) is 9.32. The van der Waals surface area contributed by atoms with Gasteiger partial charge >= 0.3 is 0 Å². The maximum atomic E-state index is 8.36. The van der Waals surface area contributed by atoms with Crippen LogP contribution in [-0.2, 0) is 11.3 Å². The number of hydrogen-bond acceptors (Lipinski definition) is 2. The summed E-state index contributed by atoms with van der Waals surface area (Å²) < 4.78 is 0. The molecule has 0 aromatic heterocycles. The van der Waals surface area contributed by atoms with Gasteiger partial charge in [-0.05, 0) is 50.6 Å². The van der Waals surface area contributed by atoms with E-state index >= 15 is 0 Å². The number of carboxylic acid groups (broad SMARTS) is 1. The van der Waals surface area contributed by atoms with Crippen molar-refractivity contribution in [1.29, 1.82) is 0 Å². The number of carbonyl (C=O) groups is 1. The third kappa shape index (κ3) is 7.04. The lowest BCUT2D eigenvalue weighted by Gasteiger charge is -2.36. The highest BCUT2D eigenvalue weighted by atomic mass is 16.3. The molecule has 0 aliphatic carbocycles. The number of hydrogen-bond donors (Lipinski definition) is 1. The first-order valence-corrected chi connectivity index (χ1v) is 8.96. The summed E-state index contributed by atoms with van der Waals surface area (Å²) in [6, 6.07) is 11.0. The SMILES string of the molecule is C.CCC(CC)CCC1(C)CCCN1Cc1ccccc1.O=CO. The zero-order chi connectivity index (χ0) is 17.1. The lowest BCUT2D eigenvalue weighted by molar-refractivity contribution is -0.122. The lowest BCUT2D eigenvalue weighted by atomic mass is 9.86. The van der Waals surface area contributed by atoms with Crippen molar-refractivity contribution in [3.8, 4) is 0 Å². The molecule has 1 aromatic rings. The van der Waals surface area contributed by atoms with E-state index in [0.717, 1.165) is 12.5 Å². The molecule has 24 heavy (non-hydrogen) atoms. The van der Waals surface area contributed by atoms with E-state index in [1.165, 1.54) is 50.6 Å². The molecule has 1 fully saturated rings. The smallest absolute Gasteiger partial charge is 0.290 e. The molecule has 1 saturated heterocycles. The Balaban J connectivity index is 0.00000123. The van der Waals surface area contributed by atoms with Gasteiger partial charge in [-0.15, -0.1) is 0 Å². The fourth-order valence-corrected chi connectivity index (χ4v) is 3.65. The van der Waals surface area contributed by atoms with E-state index in [4.69, 9.17) is 9.90 Å². The third-order valence-corrected chi connectivity index (χ3v) is 5.37. The number of rotatable bonds is 7. The number of benzene rings is 1. The minimum absolute atomic E-state index is 0. The maximum Gasteiger partial charge on any atom is 0.290 e. The average molecular weight is 336 g/mol. The van der Waals surface area contributed by atoms with Gasteiger partial charge in [-0.2, -0.15) is 0 Å². The van der Waals surface area contributed by atoms with Crippen molar-refractivity contribution >= 4 is 6.47 Å². The van der Waals surface area contributed by atoms with Gasteiger partial charge in [0.25, 0.3) is 6.47 Å². The Kier molecular flexibility index (Phi) is 11.4. The molecular formula is C21H37NO2. The predicted molar refractivity (Wildman–Crippen MR) is 103 cm³/mol. The van der Waals surface area contributed by atoms with Gasteiger partial charge in [-0.1, -0.05) is 64.4 Å². The Morgan fingerprint density at radius 2 is 1.83 bits per heavy atom. The summed E-state index contributed by atoms with van der Waals surface area (Å²) in [5, 5.41) is 6.89. The fourth-order valence-electron chi connectivity index (χ4n) is 3.65. The van der Waals surface area contributed by atoms with Gasteiger partial charge in [0.2, 0.25) is 0 Å². The molecule has 138 valence electrons. The Morgan fingerprint density at radius 1 is 1.25 bits per heavy atom. The molecule has 1 heterocycles. The first kappa shape index (κ1) is 22.6. The van der Waals surface area contributed by atoms with Crippen LogP contribution >= 0.6 is 0 Å².